The zero-order chi connectivity index (χ0) is 18.7. The van der Waals surface area contributed by atoms with E-state index in [9.17, 15) is 4.79 Å². The van der Waals surface area contributed by atoms with Crippen molar-refractivity contribution in [2.75, 3.05) is 23.3 Å². The highest BCUT2D eigenvalue weighted by Gasteiger charge is 2.18. The quantitative estimate of drug-likeness (QED) is 0.687. The van der Waals surface area contributed by atoms with Crippen molar-refractivity contribution in [3.63, 3.8) is 0 Å². The van der Waals surface area contributed by atoms with Gasteiger partial charge in [0.25, 0.3) is 5.91 Å². The van der Waals surface area contributed by atoms with Crippen LogP contribution in [0.2, 0.25) is 5.02 Å². The number of pyridine rings is 1. The molecule has 0 saturated carbocycles. The molecule has 136 valence electrons. The summed E-state index contributed by atoms with van der Waals surface area (Å²) >= 11 is 6.04. The first-order valence-corrected chi connectivity index (χ1v) is 9.28. The maximum atomic E-state index is 12.9. The molecule has 0 unspecified atom stereocenters. The Hall–Kier alpha value is -2.53. The van der Waals surface area contributed by atoms with Gasteiger partial charge in [0.05, 0.1) is 5.69 Å². The first kappa shape index (κ1) is 18.3. The van der Waals surface area contributed by atoms with Gasteiger partial charge in [-0.25, -0.2) is 4.98 Å². The Morgan fingerprint density at radius 3 is 2.46 bits per heavy atom. The number of amides is 1. The van der Waals surface area contributed by atoms with Gasteiger partial charge in [-0.1, -0.05) is 18.5 Å². The summed E-state index contributed by atoms with van der Waals surface area (Å²) in [6, 6.07) is 11.4. The maximum absolute atomic E-state index is 12.9. The summed E-state index contributed by atoms with van der Waals surface area (Å²) in [5.74, 6) is -0.174. The fraction of sp³-hybridized carbons (Fsp3) is 0.300. The van der Waals surface area contributed by atoms with Crippen molar-refractivity contribution in [2.45, 2.75) is 27.2 Å². The molecule has 1 aromatic carbocycles. The van der Waals surface area contributed by atoms with Crippen molar-refractivity contribution < 1.29 is 4.79 Å². The van der Waals surface area contributed by atoms with E-state index in [2.05, 4.69) is 29.0 Å². The van der Waals surface area contributed by atoms with Gasteiger partial charge in [0, 0.05) is 41.8 Å². The van der Waals surface area contributed by atoms with Crippen LogP contribution in [0.25, 0.3) is 5.65 Å². The molecule has 6 heteroatoms. The van der Waals surface area contributed by atoms with Crippen molar-refractivity contribution in [1.29, 1.82) is 0 Å². The molecule has 1 amide bonds. The van der Waals surface area contributed by atoms with Crippen molar-refractivity contribution >= 4 is 34.5 Å². The molecule has 2 aromatic heterocycles. The molecule has 0 bridgehead atoms. The van der Waals surface area contributed by atoms with Gasteiger partial charge in [-0.2, -0.15) is 0 Å². The van der Waals surface area contributed by atoms with E-state index in [1.54, 1.807) is 22.7 Å². The number of nitrogens with zero attached hydrogens (tertiary/aromatic N) is 3. The van der Waals surface area contributed by atoms with Crippen LogP contribution in [-0.2, 0) is 6.42 Å². The molecule has 0 radical (unpaired) electrons. The van der Waals surface area contributed by atoms with E-state index in [4.69, 9.17) is 11.6 Å². The van der Waals surface area contributed by atoms with Gasteiger partial charge >= 0.3 is 0 Å². The minimum absolute atomic E-state index is 0.174. The van der Waals surface area contributed by atoms with Gasteiger partial charge in [-0.15, -0.1) is 0 Å². The number of rotatable bonds is 6. The lowest BCUT2D eigenvalue weighted by Gasteiger charge is -2.21. The minimum Gasteiger partial charge on any atom is -0.372 e. The van der Waals surface area contributed by atoms with Gasteiger partial charge in [-0.3, -0.25) is 9.20 Å². The van der Waals surface area contributed by atoms with Crippen LogP contribution in [-0.4, -0.2) is 28.4 Å². The molecule has 0 atom stereocenters. The standard InChI is InChI=1S/C20H23ClN4O/c1-4-17-19(25-12-11-14(21)13-18(25)23-17)20(26)22-15-7-9-16(10-8-15)24(5-2)6-3/h7-13H,4-6H2,1-3H3,(H,22,26). The first-order chi connectivity index (χ1) is 12.6. The molecule has 1 N–H and O–H groups in total. The molecule has 5 nitrogen and oxygen atoms in total. The van der Waals surface area contributed by atoms with Gasteiger partial charge < -0.3 is 10.2 Å². The lowest BCUT2D eigenvalue weighted by molar-refractivity contribution is 0.102. The predicted molar refractivity (Wildman–Crippen MR) is 108 cm³/mol. The minimum atomic E-state index is -0.174. The largest absolute Gasteiger partial charge is 0.372 e. The maximum Gasteiger partial charge on any atom is 0.274 e. The Bertz CT molecular complexity index is 913. The molecule has 0 fully saturated rings. The average Bonchev–Trinajstić information content (AvgIpc) is 3.01. The van der Waals surface area contributed by atoms with Crippen LogP contribution in [0.15, 0.2) is 42.6 Å². The van der Waals surface area contributed by atoms with Gasteiger partial charge in [0.2, 0.25) is 0 Å². The Kier molecular flexibility index (Phi) is 5.47. The van der Waals surface area contributed by atoms with E-state index in [-0.39, 0.29) is 5.91 Å². The lowest BCUT2D eigenvalue weighted by atomic mass is 10.2. The Labute approximate surface area is 158 Å². The fourth-order valence-corrected chi connectivity index (χ4v) is 3.24. The fourth-order valence-electron chi connectivity index (χ4n) is 3.09. The average molecular weight is 371 g/mol. The SMILES string of the molecule is CCc1nc2cc(Cl)ccn2c1C(=O)Nc1ccc(N(CC)CC)cc1. The van der Waals surface area contributed by atoms with Crippen LogP contribution in [0.3, 0.4) is 0 Å². The third-order valence-electron chi connectivity index (χ3n) is 4.46. The highest BCUT2D eigenvalue weighted by Crippen LogP contribution is 2.21. The lowest BCUT2D eigenvalue weighted by Crippen LogP contribution is -2.21. The number of hydrogen-bond donors (Lipinski definition) is 1. The molecular formula is C20H23ClN4O. The second-order valence-electron chi connectivity index (χ2n) is 6.01. The van der Waals surface area contributed by atoms with Gasteiger partial charge in [0.1, 0.15) is 11.3 Å². The number of nitrogens with one attached hydrogen (secondary N) is 1. The number of aryl methyl sites for hydroxylation is 1. The van der Waals surface area contributed by atoms with Gasteiger partial charge in [0.15, 0.2) is 0 Å². The monoisotopic (exact) mass is 370 g/mol. The summed E-state index contributed by atoms with van der Waals surface area (Å²) < 4.78 is 1.78. The number of aromatic nitrogens is 2. The predicted octanol–water partition coefficient (Wildman–Crippen LogP) is 4.65. The van der Waals surface area contributed by atoms with E-state index in [1.165, 1.54) is 0 Å². The van der Waals surface area contributed by atoms with Crippen molar-refractivity contribution in [1.82, 2.24) is 9.38 Å². The van der Waals surface area contributed by atoms with Crippen molar-refractivity contribution in [2.24, 2.45) is 0 Å². The molecule has 0 aliphatic carbocycles. The molecule has 0 saturated heterocycles. The Balaban J connectivity index is 1.87. The van der Waals surface area contributed by atoms with E-state index < -0.39 is 0 Å². The highest BCUT2D eigenvalue weighted by molar-refractivity contribution is 6.30. The Morgan fingerprint density at radius 1 is 1.15 bits per heavy atom. The number of imidazole rings is 1. The number of halogens is 1. The normalized spacial score (nSPS) is 10.9. The number of fused-ring (bicyclic) bond motifs is 1. The molecule has 3 aromatic rings. The van der Waals surface area contributed by atoms with E-state index >= 15 is 0 Å². The van der Waals surface area contributed by atoms with E-state index in [0.29, 0.717) is 22.8 Å². The summed E-state index contributed by atoms with van der Waals surface area (Å²) in [4.78, 5) is 19.7. The third kappa shape index (κ3) is 3.53. The van der Waals surface area contributed by atoms with Crippen LogP contribution in [0, 0.1) is 0 Å². The number of hydrogen-bond acceptors (Lipinski definition) is 3. The summed E-state index contributed by atoms with van der Waals surface area (Å²) in [5.41, 5.74) is 3.89. The molecule has 0 aliphatic rings. The number of carbonyl (C=O) groups is 1. The molecule has 0 aliphatic heterocycles. The van der Waals surface area contributed by atoms with Gasteiger partial charge in [-0.05, 0) is 50.6 Å². The third-order valence-corrected chi connectivity index (χ3v) is 4.70. The van der Waals surface area contributed by atoms with Crippen LogP contribution in [0.5, 0.6) is 0 Å². The number of anilines is 2. The van der Waals surface area contributed by atoms with Crippen molar-refractivity contribution in [3.8, 4) is 0 Å². The van der Waals surface area contributed by atoms with Crippen LogP contribution < -0.4 is 10.2 Å². The van der Waals surface area contributed by atoms with Crippen LogP contribution in [0.4, 0.5) is 11.4 Å². The summed E-state index contributed by atoms with van der Waals surface area (Å²) in [6.07, 6.45) is 2.45. The second kappa shape index (κ2) is 7.79. The van der Waals surface area contributed by atoms with E-state index in [1.807, 2.05) is 31.2 Å². The number of benzene rings is 1. The molecular weight excluding hydrogens is 348 g/mol. The van der Waals surface area contributed by atoms with E-state index in [0.717, 1.165) is 30.2 Å². The number of carbonyl (C=O) groups excluding carboxylic acids is 1. The molecule has 26 heavy (non-hydrogen) atoms. The zero-order valence-corrected chi connectivity index (χ0v) is 16.0. The topological polar surface area (TPSA) is 49.6 Å². The highest BCUT2D eigenvalue weighted by atomic mass is 35.5. The molecule has 2 heterocycles. The second-order valence-corrected chi connectivity index (χ2v) is 6.44. The molecule has 3 rings (SSSR count). The summed E-state index contributed by atoms with van der Waals surface area (Å²) in [6.45, 7) is 8.14. The summed E-state index contributed by atoms with van der Waals surface area (Å²) in [7, 11) is 0. The molecule has 0 spiro atoms. The van der Waals surface area contributed by atoms with Crippen LogP contribution in [0.1, 0.15) is 37.0 Å². The van der Waals surface area contributed by atoms with Crippen LogP contribution >= 0.6 is 11.6 Å². The van der Waals surface area contributed by atoms with Crippen molar-refractivity contribution in [3.05, 3.63) is 59.0 Å². The zero-order valence-electron chi connectivity index (χ0n) is 15.3. The first-order valence-electron chi connectivity index (χ1n) is 8.90. The Morgan fingerprint density at radius 2 is 1.85 bits per heavy atom. The summed E-state index contributed by atoms with van der Waals surface area (Å²) in [5, 5.41) is 3.58. The smallest absolute Gasteiger partial charge is 0.274 e.